The Labute approximate surface area is 214 Å². The van der Waals surface area contributed by atoms with Gasteiger partial charge in [-0.2, -0.15) is 10.1 Å². The number of benzene rings is 1. The van der Waals surface area contributed by atoms with Crippen molar-refractivity contribution in [2.75, 3.05) is 13.1 Å². The van der Waals surface area contributed by atoms with E-state index in [1.165, 1.54) is 29.8 Å². The molecule has 0 spiro atoms. The number of aromatic amines is 1. The number of hydrogen-bond donors (Lipinski definition) is 1. The van der Waals surface area contributed by atoms with E-state index in [1.807, 2.05) is 12.1 Å². The molecule has 4 aliphatic rings. The Kier molecular flexibility index (Phi) is 5.35. The highest BCUT2D eigenvalue weighted by Crippen LogP contribution is 2.40. The highest BCUT2D eigenvalue weighted by atomic mass is 16.2. The van der Waals surface area contributed by atoms with E-state index < -0.39 is 0 Å². The topological polar surface area (TPSA) is 102 Å². The minimum Gasteiger partial charge on any atom is -0.299 e. The number of piperidine rings is 1. The number of nitrogens with zero attached hydrogens (tertiary/aromatic N) is 5. The van der Waals surface area contributed by atoms with Crippen LogP contribution < -0.4 is 0 Å². The Morgan fingerprint density at radius 2 is 1.70 bits per heavy atom. The van der Waals surface area contributed by atoms with Crippen LogP contribution in [0.5, 0.6) is 0 Å². The van der Waals surface area contributed by atoms with Crippen molar-refractivity contribution in [1.82, 2.24) is 30.1 Å². The van der Waals surface area contributed by atoms with Gasteiger partial charge in [0.2, 0.25) is 11.8 Å². The van der Waals surface area contributed by atoms with Crippen LogP contribution in [0.15, 0.2) is 24.3 Å². The minimum absolute atomic E-state index is 0.210. The van der Waals surface area contributed by atoms with Gasteiger partial charge < -0.3 is 0 Å². The van der Waals surface area contributed by atoms with Gasteiger partial charge in [-0.25, -0.2) is 9.99 Å². The number of H-pyrrole nitrogens is 1. The quantitative estimate of drug-likeness (QED) is 0.536. The van der Waals surface area contributed by atoms with Crippen molar-refractivity contribution in [1.29, 1.82) is 0 Å². The number of pyridine rings is 1. The van der Waals surface area contributed by atoms with E-state index in [4.69, 9.17) is 10.1 Å². The van der Waals surface area contributed by atoms with E-state index >= 15 is 0 Å². The first-order chi connectivity index (χ1) is 18.1. The van der Waals surface area contributed by atoms with Crippen molar-refractivity contribution < 1.29 is 14.4 Å². The number of aromatic nitrogens is 3. The lowest BCUT2D eigenvalue weighted by Crippen LogP contribution is -2.51. The molecule has 1 aromatic carbocycles. The predicted octanol–water partition coefficient (Wildman–Crippen LogP) is 3.90. The van der Waals surface area contributed by atoms with Gasteiger partial charge in [0.05, 0.1) is 17.9 Å². The molecule has 0 bridgehead atoms. The lowest BCUT2D eigenvalue weighted by atomic mass is 9.82. The first-order valence-corrected chi connectivity index (χ1v) is 13.5. The Morgan fingerprint density at radius 1 is 0.919 bits per heavy atom. The second-order valence-electron chi connectivity index (χ2n) is 10.8. The second kappa shape index (κ2) is 8.76. The summed E-state index contributed by atoms with van der Waals surface area (Å²) in [5, 5.41) is 10.4. The normalized spacial score (nSPS) is 20.8. The van der Waals surface area contributed by atoms with E-state index in [9.17, 15) is 14.4 Å². The minimum atomic E-state index is -0.306. The highest BCUT2D eigenvalue weighted by Gasteiger charge is 2.39. The summed E-state index contributed by atoms with van der Waals surface area (Å²) in [6.45, 7) is 3.26. The number of rotatable bonds is 5. The standard InChI is InChI=1S/C28H30N6O3/c35-23-7-4-8-24(36)34(23)33-16-19-13-18(9-10-21(19)28(33)37)22-14-20(15-32-11-1-2-12-32)26-27(29-22)25(30-31-26)17-5-3-6-17/h9-10,13-14,17H,1-8,11-12,15-16H2,(H,30,31). The number of carbonyl (C=O) groups is 3. The molecule has 1 aliphatic carbocycles. The number of hydrazine groups is 1. The van der Waals surface area contributed by atoms with Gasteiger partial charge in [0, 0.05) is 36.4 Å². The van der Waals surface area contributed by atoms with E-state index in [2.05, 4.69) is 16.1 Å². The van der Waals surface area contributed by atoms with Gasteiger partial charge in [-0.05, 0) is 74.5 Å². The van der Waals surface area contributed by atoms with Crippen LogP contribution in [0.2, 0.25) is 0 Å². The maximum Gasteiger partial charge on any atom is 0.273 e. The summed E-state index contributed by atoms with van der Waals surface area (Å²) in [4.78, 5) is 45.6. The average molecular weight is 499 g/mol. The molecule has 190 valence electrons. The molecule has 0 atom stereocenters. The van der Waals surface area contributed by atoms with Gasteiger partial charge in [-0.3, -0.25) is 24.4 Å². The molecular formula is C28H30N6O3. The molecular weight excluding hydrogens is 468 g/mol. The van der Waals surface area contributed by atoms with Gasteiger partial charge in [0.25, 0.3) is 5.91 Å². The summed E-state index contributed by atoms with van der Waals surface area (Å²) in [5.74, 6) is -0.428. The molecule has 1 saturated carbocycles. The number of carbonyl (C=O) groups excluding carboxylic acids is 3. The molecule has 5 heterocycles. The Bertz CT molecular complexity index is 1420. The number of hydrogen-bond acceptors (Lipinski definition) is 6. The van der Waals surface area contributed by atoms with Crippen LogP contribution in [0, 0.1) is 0 Å². The highest BCUT2D eigenvalue weighted by molar-refractivity contribution is 6.04. The number of amides is 3. The zero-order chi connectivity index (χ0) is 25.1. The van der Waals surface area contributed by atoms with Gasteiger partial charge in [0.15, 0.2) is 0 Å². The molecule has 2 aromatic heterocycles. The maximum atomic E-state index is 13.1. The van der Waals surface area contributed by atoms with Crippen molar-refractivity contribution in [2.24, 2.45) is 0 Å². The van der Waals surface area contributed by atoms with E-state index in [-0.39, 0.29) is 37.1 Å². The molecule has 9 nitrogen and oxygen atoms in total. The van der Waals surface area contributed by atoms with Gasteiger partial charge >= 0.3 is 0 Å². The molecule has 3 aromatic rings. The van der Waals surface area contributed by atoms with Crippen molar-refractivity contribution in [3.8, 4) is 11.3 Å². The van der Waals surface area contributed by atoms with Crippen LogP contribution in [0.3, 0.4) is 0 Å². The number of imide groups is 1. The Balaban J connectivity index is 1.26. The molecule has 7 rings (SSSR count). The fraction of sp³-hybridized carbons (Fsp3) is 0.464. The summed E-state index contributed by atoms with van der Waals surface area (Å²) in [6.07, 6.45) is 7.13. The van der Waals surface area contributed by atoms with Crippen molar-refractivity contribution in [2.45, 2.75) is 70.4 Å². The zero-order valence-electron chi connectivity index (χ0n) is 20.8. The largest absolute Gasteiger partial charge is 0.299 e. The van der Waals surface area contributed by atoms with E-state index in [0.717, 1.165) is 71.0 Å². The van der Waals surface area contributed by atoms with Gasteiger partial charge in [0.1, 0.15) is 11.0 Å². The second-order valence-corrected chi connectivity index (χ2v) is 10.8. The first kappa shape index (κ1) is 22.6. The monoisotopic (exact) mass is 498 g/mol. The predicted molar refractivity (Wildman–Crippen MR) is 136 cm³/mol. The maximum absolute atomic E-state index is 13.1. The molecule has 3 aliphatic heterocycles. The smallest absolute Gasteiger partial charge is 0.273 e. The molecule has 37 heavy (non-hydrogen) atoms. The fourth-order valence-electron chi connectivity index (χ4n) is 6.14. The molecule has 0 unspecified atom stereocenters. The molecule has 0 radical (unpaired) electrons. The lowest BCUT2D eigenvalue weighted by Gasteiger charge is -2.32. The SMILES string of the molecule is O=C1c2ccc(-c3cc(CN4CCCC4)c4n[nH]c(C5CCC5)c4n3)cc2CN1N1C(=O)CCCC1=O. The lowest BCUT2D eigenvalue weighted by molar-refractivity contribution is -0.163. The zero-order valence-corrected chi connectivity index (χ0v) is 20.8. The Hall–Kier alpha value is -3.59. The summed E-state index contributed by atoms with van der Waals surface area (Å²) in [6, 6.07) is 7.86. The number of fused-ring (bicyclic) bond motifs is 2. The summed E-state index contributed by atoms with van der Waals surface area (Å²) < 4.78 is 0. The van der Waals surface area contributed by atoms with Crippen molar-refractivity contribution in [3.05, 3.63) is 46.6 Å². The third kappa shape index (κ3) is 3.75. The van der Waals surface area contributed by atoms with Crippen LogP contribution in [-0.4, -0.2) is 60.9 Å². The third-order valence-electron chi connectivity index (χ3n) is 8.40. The van der Waals surface area contributed by atoms with E-state index in [1.54, 1.807) is 6.07 Å². The van der Waals surface area contributed by atoms with Crippen molar-refractivity contribution >= 4 is 28.8 Å². The molecule has 3 amide bonds. The van der Waals surface area contributed by atoms with Gasteiger partial charge in [-0.15, -0.1) is 0 Å². The van der Waals surface area contributed by atoms with Crippen LogP contribution >= 0.6 is 0 Å². The molecule has 9 heteroatoms. The first-order valence-electron chi connectivity index (χ1n) is 13.5. The number of likely N-dealkylation sites (tertiary alicyclic amines) is 1. The van der Waals surface area contributed by atoms with Crippen LogP contribution in [0.25, 0.3) is 22.3 Å². The molecule has 3 fully saturated rings. The van der Waals surface area contributed by atoms with Crippen LogP contribution in [-0.2, 0) is 22.7 Å². The molecule has 1 N–H and O–H groups in total. The fourth-order valence-corrected chi connectivity index (χ4v) is 6.14. The number of nitrogens with one attached hydrogen (secondary N) is 1. The van der Waals surface area contributed by atoms with Gasteiger partial charge in [-0.1, -0.05) is 12.5 Å². The molecule has 2 saturated heterocycles. The summed E-state index contributed by atoms with van der Waals surface area (Å²) >= 11 is 0. The van der Waals surface area contributed by atoms with E-state index in [0.29, 0.717) is 17.9 Å². The van der Waals surface area contributed by atoms with Crippen LogP contribution in [0.1, 0.15) is 84.5 Å². The third-order valence-corrected chi connectivity index (χ3v) is 8.40. The summed E-state index contributed by atoms with van der Waals surface area (Å²) in [5.41, 5.74) is 7.36. The Morgan fingerprint density at radius 3 is 2.43 bits per heavy atom. The van der Waals surface area contributed by atoms with Crippen LogP contribution in [0.4, 0.5) is 0 Å². The summed E-state index contributed by atoms with van der Waals surface area (Å²) in [7, 11) is 0. The van der Waals surface area contributed by atoms with Crippen molar-refractivity contribution in [3.63, 3.8) is 0 Å². The average Bonchev–Trinajstić information content (AvgIpc) is 3.59.